The average Bonchev–Trinajstić information content (AvgIpc) is 1.58. The number of hydrogen-bond acceptors (Lipinski definition) is 0. The first kappa shape index (κ1) is 12.0. The van der Waals surface area contributed by atoms with Crippen molar-refractivity contribution >= 4 is 45.2 Å². The highest BCUT2D eigenvalue weighted by atomic mass is 127. The van der Waals surface area contributed by atoms with Crippen molar-refractivity contribution in [2.24, 2.45) is 0 Å². The molecule has 0 amide bonds. The summed E-state index contributed by atoms with van der Waals surface area (Å²) in [7, 11) is 0. The minimum Gasteiger partial charge on any atom is -0.214 e. The summed E-state index contributed by atoms with van der Waals surface area (Å²) in [4.78, 5) is 0. The zero-order chi connectivity index (χ0) is 9.50. The molecule has 0 aliphatic carbocycles. The maximum atomic E-state index is 12.2. The molecule has 0 saturated carbocycles. The van der Waals surface area contributed by atoms with Crippen molar-refractivity contribution in [2.45, 2.75) is 13.8 Å². The molecule has 0 aromatic carbocycles. The van der Waals surface area contributed by atoms with E-state index < -0.39 is 13.8 Å². The molecule has 0 heterocycles. The lowest BCUT2D eigenvalue weighted by Crippen LogP contribution is -2.47. The highest BCUT2D eigenvalue weighted by Gasteiger charge is 2.69. The first-order chi connectivity index (χ1) is 4.50. The van der Waals surface area contributed by atoms with Gasteiger partial charge in [0.1, 0.15) is 0 Å². The van der Waals surface area contributed by atoms with Gasteiger partial charge in [-0.25, -0.2) is 4.39 Å². The van der Waals surface area contributed by atoms with E-state index in [9.17, 15) is 26.3 Å². The van der Waals surface area contributed by atoms with Crippen LogP contribution in [-0.2, 0) is 0 Å². The highest BCUT2D eigenvalue weighted by Crippen LogP contribution is 2.52. The summed E-state index contributed by atoms with van der Waals surface area (Å²) in [6, 6.07) is 0. The average molecular weight is 404 g/mol. The molecule has 0 saturated heterocycles. The fourth-order valence-corrected chi connectivity index (χ4v) is 0.772. The van der Waals surface area contributed by atoms with Crippen molar-refractivity contribution in [3.8, 4) is 0 Å². The zero-order valence-electron chi connectivity index (χ0n) is 4.52. The van der Waals surface area contributed by atoms with E-state index in [0.717, 1.165) is 0 Å². The van der Waals surface area contributed by atoms with Gasteiger partial charge in [0.25, 0.3) is 1.68 Å². The van der Waals surface area contributed by atoms with Gasteiger partial charge in [0, 0.05) is 0 Å². The SMILES string of the molecule is FC(F)(F)C(F)(F)C(F)(I)I. The fraction of sp³-hybridized carbons (Fsp3) is 1.00. The van der Waals surface area contributed by atoms with Crippen LogP contribution in [0.5, 0.6) is 0 Å². The third kappa shape index (κ3) is 2.49. The monoisotopic (exact) mass is 404 g/mol. The molecule has 0 atom stereocenters. The van der Waals surface area contributed by atoms with Gasteiger partial charge in [-0.15, -0.1) is 0 Å². The molecule has 0 N–H and O–H groups in total. The van der Waals surface area contributed by atoms with Gasteiger partial charge in [-0.1, -0.05) is 0 Å². The van der Waals surface area contributed by atoms with E-state index in [4.69, 9.17) is 0 Å². The Labute approximate surface area is 85.0 Å². The van der Waals surface area contributed by atoms with Gasteiger partial charge >= 0.3 is 12.1 Å². The number of alkyl halides is 8. The minimum absolute atomic E-state index is 0.395. The molecule has 68 valence electrons. The molecular weight excluding hydrogens is 404 g/mol. The van der Waals surface area contributed by atoms with Gasteiger partial charge in [0.05, 0.1) is 0 Å². The van der Waals surface area contributed by atoms with Gasteiger partial charge < -0.3 is 0 Å². The second kappa shape index (κ2) is 3.07. The number of halogens is 8. The Balaban J connectivity index is 4.75. The Hall–Kier alpha value is 1.04. The molecule has 0 unspecified atom stereocenters. The molecule has 11 heavy (non-hydrogen) atoms. The first-order valence-electron chi connectivity index (χ1n) is 2.01. The van der Waals surface area contributed by atoms with Crippen molar-refractivity contribution in [2.75, 3.05) is 0 Å². The van der Waals surface area contributed by atoms with E-state index in [2.05, 4.69) is 0 Å². The summed E-state index contributed by atoms with van der Waals surface area (Å²) in [5.74, 6) is -5.32. The van der Waals surface area contributed by atoms with Crippen LogP contribution < -0.4 is 0 Å². The highest BCUT2D eigenvalue weighted by molar-refractivity contribution is 14.2. The van der Waals surface area contributed by atoms with Crippen LogP contribution in [0.15, 0.2) is 0 Å². The molecule has 0 aliphatic rings. The maximum absolute atomic E-state index is 12.2. The Morgan fingerprint density at radius 1 is 0.727 bits per heavy atom. The summed E-state index contributed by atoms with van der Waals surface area (Å²) >= 11 is 0.789. The van der Waals surface area contributed by atoms with Crippen molar-refractivity contribution in [1.82, 2.24) is 0 Å². The topological polar surface area (TPSA) is 0 Å². The van der Waals surface area contributed by atoms with E-state index in [-0.39, 0.29) is 0 Å². The van der Waals surface area contributed by atoms with Crippen LogP contribution in [0.2, 0.25) is 0 Å². The van der Waals surface area contributed by atoms with Gasteiger partial charge in [-0.2, -0.15) is 22.0 Å². The Bertz CT molecular complexity index is 127. The van der Waals surface area contributed by atoms with Crippen molar-refractivity contribution < 1.29 is 26.3 Å². The summed E-state index contributed by atoms with van der Waals surface area (Å²) in [6.45, 7) is 0. The van der Waals surface area contributed by atoms with E-state index in [0.29, 0.717) is 45.2 Å². The molecule has 0 bridgehead atoms. The normalized spacial score (nSPS) is 15.3. The lowest BCUT2D eigenvalue weighted by molar-refractivity contribution is -0.291. The maximum Gasteiger partial charge on any atom is 0.458 e. The lowest BCUT2D eigenvalue weighted by atomic mass is 10.4. The van der Waals surface area contributed by atoms with Crippen molar-refractivity contribution in [1.29, 1.82) is 0 Å². The number of rotatable bonds is 1. The molecule has 0 nitrogen and oxygen atoms in total. The van der Waals surface area contributed by atoms with Crippen LogP contribution in [0.3, 0.4) is 0 Å². The Morgan fingerprint density at radius 2 is 1.00 bits per heavy atom. The lowest BCUT2D eigenvalue weighted by Gasteiger charge is -2.25. The van der Waals surface area contributed by atoms with Crippen LogP contribution in [0, 0.1) is 0 Å². The van der Waals surface area contributed by atoms with Crippen molar-refractivity contribution in [3.63, 3.8) is 0 Å². The first-order valence-corrected chi connectivity index (χ1v) is 4.17. The Morgan fingerprint density at radius 3 is 1.00 bits per heavy atom. The summed E-state index contributed by atoms with van der Waals surface area (Å²) in [5, 5.41) is 0. The molecule has 0 fully saturated rings. The van der Waals surface area contributed by atoms with Gasteiger partial charge in [-0.05, 0) is 45.2 Å². The summed E-state index contributed by atoms with van der Waals surface area (Å²) < 4.78 is 66.4. The molecule has 0 aliphatic heterocycles. The van der Waals surface area contributed by atoms with E-state index in [1.807, 2.05) is 0 Å². The van der Waals surface area contributed by atoms with E-state index >= 15 is 0 Å². The van der Waals surface area contributed by atoms with Crippen LogP contribution >= 0.6 is 45.2 Å². The molecule has 0 aromatic rings. The van der Waals surface area contributed by atoms with Crippen LogP contribution in [-0.4, -0.2) is 13.8 Å². The predicted molar refractivity (Wildman–Crippen MR) is 42.9 cm³/mol. The van der Waals surface area contributed by atoms with Crippen LogP contribution in [0.1, 0.15) is 0 Å². The van der Waals surface area contributed by atoms with Gasteiger partial charge in [0.2, 0.25) is 0 Å². The van der Waals surface area contributed by atoms with Crippen LogP contribution in [0.4, 0.5) is 26.3 Å². The standard InChI is InChI=1S/C3F6I2/c4-1(5,2(6,7)8)3(9,10)11. The quantitative estimate of drug-likeness (QED) is 0.356. The predicted octanol–water partition coefficient (Wildman–Crippen LogP) is 3.68. The number of hydrogen-bond donors (Lipinski definition) is 0. The minimum atomic E-state index is -5.84. The largest absolute Gasteiger partial charge is 0.458 e. The molecule has 0 rings (SSSR count). The molecule has 8 heteroatoms. The molecular formula is C3F6I2. The molecule has 0 spiro atoms. The molecule has 0 radical (unpaired) electrons. The van der Waals surface area contributed by atoms with Crippen LogP contribution in [0.25, 0.3) is 0 Å². The zero-order valence-corrected chi connectivity index (χ0v) is 8.84. The third-order valence-corrected chi connectivity index (χ3v) is 2.07. The van der Waals surface area contributed by atoms with E-state index in [1.54, 1.807) is 0 Å². The summed E-state index contributed by atoms with van der Waals surface area (Å²) in [6.07, 6.45) is -5.84. The van der Waals surface area contributed by atoms with Gasteiger partial charge in [-0.3, -0.25) is 0 Å². The van der Waals surface area contributed by atoms with Gasteiger partial charge in [0.15, 0.2) is 0 Å². The van der Waals surface area contributed by atoms with Crippen molar-refractivity contribution in [3.05, 3.63) is 0 Å². The smallest absolute Gasteiger partial charge is 0.214 e. The molecule has 0 aromatic heterocycles. The third-order valence-electron chi connectivity index (χ3n) is 0.712. The van der Waals surface area contributed by atoms with E-state index in [1.165, 1.54) is 0 Å². The summed E-state index contributed by atoms with van der Waals surface area (Å²) in [5.41, 5.74) is 0. The second-order valence-corrected chi connectivity index (χ2v) is 6.61. The second-order valence-electron chi connectivity index (χ2n) is 1.57. The fourth-order valence-electron chi connectivity index (χ4n) is 0.161. The Kier molecular flexibility index (Phi) is 3.36.